The van der Waals surface area contributed by atoms with Gasteiger partial charge in [0.1, 0.15) is 23.9 Å². The lowest BCUT2D eigenvalue weighted by atomic mass is 10.1. The maximum Gasteiger partial charge on any atom is 0.193 e. The SMILES string of the molecule is Cc1c(F)c(N)c(F)c(OCCN2CCN(Cc3cc(F)cc(F)c3)CC2)c1F. The Hall–Kier alpha value is -2.39. The van der Waals surface area contributed by atoms with Crippen LogP contribution in [0, 0.1) is 36.0 Å². The number of nitrogen functional groups attached to an aromatic ring is 1. The van der Waals surface area contributed by atoms with Crippen LogP contribution < -0.4 is 10.5 Å². The van der Waals surface area contributed by atoms with E-state index in [-0.39, 0.29) is 12.2 Å². The van der Waals surface area contributed by atoms with Crippen molar-refractivity contribution in [2.75, 3.05) is 45.1 Å². The first kappa shape index (κ1) is 21.3. The highest BCUT2D eigenvalue weighted by atomic mass is 19.2. The van der Waals surface area contributed by atoms with Crippen molar-refractivity contribution < 1.29 is 26.7 Å². The normalized spacial score (nSPS) is 15.7. The fourth-order valence-corrected chi connectivity index (χ4v) is 3.32. The van der Waals surface area contributed by atoms with Gasteiger partial charge in [0.25, 0.3) is 0 Å². The van der Waals surface area contributed by atoms with Crippen molar-refractivity contribution in [1.29, 1.82) is 0 Å². The predicted octanol–water partition coefficient (Wildman–Crippen LogP) is 3.47. The molecule has 9 heteroatoms. The molecule has 0 saturated carbocycles. The molecule has 0 unspecified atom stereocenters. The van der Waals surface area contributed by atoms with Crippen LogP contribution in [0.5, 0.6) is 5.75 Å². The third kappa shape index (κ3) is 4.97. The Morgan fingerprint density at radius 2 is 1.45 bits per heavy atom. The first-order valence-electron chi connectivity index (χ1n) is 9.21. The summed E-state index contributed by atoms with van der Waals surface area (Å²) in [4.78, 5) is 4.10. The molecule has 0 atom stereocenters. The van der Waals surface area contributed by atoms with Gasteiger partial charge in [0, 0.05) is 50.9 Å². The van der Waals surface area contributed by atoms with Gasteiger partial charge in [-0.3, -0.25) is 9.80 Å². The third-order valence-electron chi connectivity index (χ3n) is 4.98. The fraction of sp³-hybridized carbons (Fsp3) is 0.400. The van der Waals surface area contributed by atoms with Crippen LogP contribution in [0.25, 0.3) is 0 Å². The van der Waals surface area contributed by atoms with Crippen molar-refractivity contribution in [2.24, 2.45) is 0 Å². The van der Waals surface area contributed by atoms with Crippen LogP contribution in [0.1, 0.15) is 11.1 Å². The van der Waals surface area contributed by atoms with Crippen molar-refractivity contribution in [3.63, 3.8) is 0 Å². The summed E-state index contributed by atoms with van der Waals surface area (Å²) in [7, 11) is 0. The molecule has 1 fully saturated rings. The van der Waals surface area contributed by atoms with E-state index in [4.69, 9.17) is 10.5 Å². The highest BCUT2D eigenvalue weighted by Crippen LogP contribution is 2.32. The van der Waals surface area contributed by atoms with Crippen LogP contribution in [0.2, 0.25) is 0 Å². The number of piperazine rings is 1. The summed E-state index contributed by atoms with van der Waals surface area (Å²) in [5, 5.41) is 0. The van der Waals surface area contributed by atoms with E-state index in [1.165, 1.54) is 12.1 Å². The van der Waals surface area contributed by atoms with Gasteiger partial charge >= 0.3 is 0 Å². The van der Waals surface area contributed by atoms with Gasteiger partial charge in [-0.15, -0.1) is 0 Å². The number of halogens is 5. The maximum atomic E-state index is 14.0. The summed E-state index contributed by atoms with van der Waals surface area (Å²) in [6.07, 6.45) is 0. The second-order valence-electron chi connectivity index (χ2n) is 7.05. The Bertz CT molecular complexity index is 836. The first-order valence-corrected chi connectivity index (χ1v) is 9.21. The zero-order valence-corrected chi connectivity index (χ0v) is 16.0. The minimum absolute atomic E-state index is 0.00740. The number of rotatable bonds is 6. The minimum atomic E-state index is -1.24. The van der Waals surface area contributed by atoms with Crippen molar-refractivity contribution in [3.05, 3.63) is 58.4 Å². The molecule has 1 aliphatic rings. The molecule has 2 N–H and O–H groups in total. The van der Waals surface area contributed by atoms with Gasteiger partial charge in [-0.2, -0.15) is 0 Å². The average molecular weight is 415 g/mol. The lowest BCUT2D eigenvalue weighted by Gasteiger charge is -2.34. The molecule has 0 aromatic heterocycles. The molecule has 0 radical (unpaired) electrons. The summed E-state index contributed by atoms with van der Waals surface area (Å²) >= 11 is 0. The summed E-state index contributed by atoms with van der Waals surface area (Å²) < 4.78 is 73.4. The van der Waals surface area contributed by atoms with Gasteiger partial charge < -0.3 is 10.5 Å². The lowest BCUT2D eigenvalue weighted by Crippen LogP contribution is -2.47. The molecular formula is C20H22F5N3O. The number of hydrogen-bond donors (Lipinski definition) is 1. The molecule has 4 nitrogen and oxygen atoms in total. The van der Waals surface area contributed by atoms with Crippen LogP contribution >= 0.6 is 0 Å². The van der Waals surface area contributed by atoms with Crippen molar-refractivity contribution in [3.8, 4) is 5.75 Å². The molecule has 3 rings (SSSR count). The third-order valence-corrected chi connectivity index (χ3v) is 4.98. The molecule has 0 aliphatic carbocycles. The highest BCUT2D eigenvalue weighted by molar-refractivity contribution is 5.51. The van der Waals surface area contributed by atoms with Gasteiger partial charge in [-0.1, -0.05) is 0 Å². The maximum absolute atomic E-state index is 14.0. The van der Waals surface area contributed by atoms with Crippen LogP contribution in [-0.2, 0) is 6.54 Å². The summed E-state index contributed by atoms with van der Waals surface area (Å²) in [5.74, 6) is -5.34. The Morgan fingerprint density at radius 3 is 2.07 bits per heavy atom. The zero-order valence-electron chi connectivity index (χ0n) is 16.0. The zero-order chi connectivity index (χ0) is 21.1. The Balaban J connectivity index is 1.48. The molecule has 1 heterocycles. The van der Waals surface area contributed by atoms with Crippen molar-refractivity contribution in [1.82, 2.24) is 9.80 Å². The van der Waals surface area contributed by atoms with E-state index in [1.54, 1.807) is 0 Å². The molecule has 29 heavy (non-hydrogen) atoms. The van der Waals surface area contributed by atoms with Crippen molar-refractivity contribution in [2.45, 2.75) is 13.5 Å². The van der Waals surface area contributed by atoms with E-state index in [0.717, 1.165) is 13.0 Å². The van der Waals surface area contributed by atoms with Crippen LogP contribution in [-0.4, -0.2) is 49.1 Å². The van der Waals surface area contributed by atoms with Gasteiger partial charge in [-0.25, -0.2) is 22.0 Å². The molecule has 158 valence electrons. The number of benzene rings is 2. The van der Waals surface area contributed by atoms with E-state index in [2.05, 4.69) is 4.90 Å². The molecule has 2 aromatic carbocycles. The topological polar surface area (TPSA) is 41.7 Å². The first-order chi connectivity index (χ1) is 13.8. The standard InChI is InChI=1S/C20H22F5N3O/c1-12-16(23)19(26)18(25)20(17(12)24)29-7-6-27-2-4-28(5-3-27)11-13-8-14(21)10-15(22)9-13/h8-10H,2-7,11,26H2,1H3. The van der Waals surface area contributed by atoms with Gasteiger partial charge in [-0.05, 0) is 24.6 Å². The molecule has 0 bridgehead atoms. The van der Waals surface area contributed by atoms with E-state index >= 15 is 0 Å². The van der Waals surface area contributed by atoms with E-state index in [1.807, 2.05) is 4.90 Å². The molecular weight excluding hydrogens is 393 g/mol. The summed E-state index contributed by atoms with van der Waals surface area (Å²) in [5.41, 5.74) is 4.72. The van der Waals surface area contributed by atoms with E-state index in [9.17, 15) is 22.0 Å². The average Bonchev–Trinajstić information content (AvgIpc) is 2.68. The van der Waals surface area contributed by atoms with Gasteiger partial charge in [0.05, 0.1) is 0 Å². The molecule has 1 saturated heterocycles. The lowest BCUT2D eigenvalue weighted by molar-refractivity contribution is 0.110. The Labute approximate surface area is 165 Å². The highest BCUT2D eigenvalue weighted by Gasteiger charge is 2.23. The number of anilines is 1. The van der Waals surface area contributed by atoms with Gasteiger partial charge in [0.15, 0.2) is 23.2 Å². The van der Waals surface area contributed by atoms with Crippen molar-refractivity contribution >= 4 is 5.69 Å². The smallest absolute Gasteiger partial charge is 0.193 e. The van der Waals surface area contributed by atoms with Crippen LogP contribution in [0.15, 0.2) is 18.2 Å². The molecule has 1 aliphatic heterocycles. The second kappa shape index (κ2) is 8.96. The summed E-state index contributed by atoms with van der Waals surface area (Å²) in [6.45, 7) is 4.69. The molecule has 2 aromatic rings. The summed E-state index contributed by atoms with van der Waals surface area (Å²) in [6, 6.07) is 3.45. The second-order valence-corrected chi connectivity index (χ2v) is 7.05. The Morgan fingerprint density at radius 1 is 0.862 bits per heavy atom. The predicted molar refractivity (Wildman–Crippen MR) is 99.0 cm³/mol. The monoisotopic (exact) mass is 415 g/mol. The van der Waals surface area contributed by atoms with Gasteiger partial charge in [0.2, 0.25) is 0 Å². The molecule has 0 spiro atoms. The van der Waals surface area contributed by atoms with Crippen LogP contribution in [0.3, 0.4) is 0 Å². The largest absolute Gasteiger partial charge is 0.486 e. The number of nitrogens with two attached hydrogens (primary N) is 1. The Kier molecular flexibility index (Phi) is 6.59. The number of ether oxygens (including phenoxy) is 1. The number of nitrogens with zero attached hydrogens (tertiary/aromatic N) is 2. The van der Waals surface area contributed by atoms with E-state index in [0.29, 0.717) is 44.8 Å². The quantitative estimate of drug-likeness (QED) is 0.580. The minimum Gasteiger partial charge on any atom is -0.486 e. The van der Waals surface area contributed by atoms with Crippen LogP contribution in [0.4, 0.5) is 27.6 Å². The fourth-order valence-electron chi connectivity index (χ4n) is 3.32. The van der Waals surface area contributed by atoms with E-state index < -0.39 is 40.5 Å². The molecule has 0 amide bonds. The number of hydrogen-bond acceptors (Lipinski definition) is 4.